The fourth-order valence-corrected chi connectivity index (χ4v) is 9.30. The molecule has 0 amide bonds. The zero-order chi connectivity index (χ0) is 35.6. The summed E-state index contributed by atoms with van der Waals surface area (Å²) in [5.41, 5.74) is 13.4. The number of aliphatic imine (C=N–C) groups is 1. The number of fused-ring (bicyclic) bond motifs is 6. The monoisotopic (exact) mass is 895 g/mol. The Kier molecular flexibility index (Phi) is 8.88. The number of benzene rings is 6. The van der Waals surface area contributed by atoms with Crippen LogP contribution in [0.3, 0.4) is 0 Å². The molecule has 1 atom stereocenters. The first-order valence-electron chi connectivity index (χ1n) is 18.2. The van der Waals surface area contributed by atoms with Crippen LogP contribution in [0.2, 0.25) is 0 Å². The molecule has 264 valence electrons. The number of hydrogen-bond acceptors (Lipinski definition) is 3. The van der Waals surface area contributed by atoms with E-state index in [1.54, 1.807) is 0 Å². The van der Waals surface area contributed by atoms with E-state index in [9.17, 15) is 0 Å². The predicted octanol–water partition coefficient (Wildman–Crippen LogP) is 11.5. The fourth-order valence-electron chi connectivity index (χ4n) is 8.23. The molecule has 9 aromatic rings. The van der Waals surface area contributed by atoms with Gasteiger partial charge in [-0.15, -0.1) is 46.8 Å². The van der Waals surface area contributed by atoms with E-state index in [4.69, 9.17) is 9.98 Å². The summed E-state index contributed by atoms with van der Waals surface area (Å²) in [6.07, 6.45) is 1.88. The van der Waals surface area contributed by atoms with E-state index in [1.807, 2.05) is 24.0 Å². The maximum absolute atomic E-state index is 5.44. The van der Waals surface area contributed by atoms with Crippen molar-refractivity contribution in [3.05, 3.63) is 185 Å². The van der Waals surface area contributed by atoms with Gasteiger partial charge in [0.05, 0.1) is 11.6 Å². The van der Waals surface area contributed by atoms with Crippen LogP contribution in [-0.4, -0.2) is 31.0 Å². The van der Waals surface area contributed by atoms with Crippen molar-refractivity contribution < 1.29 is 21.1 Å². The number of pyridine rings is 1. The molecule has 4 nitrogen and oxygen atoms in total. The number of nitrogens with zero attached hydrogens (tertiary/aromatic N) is 4. The summed E-state index contributed by atoms with van der Waals surface area (Å²) >= 11 is 1.84. The molecule has 0 N–H and O–H groups in total. The van der Waals surface area contributed by atoms with Crippen molar-refractivity contribution in [2.24, 2.45) is 4.99 Å². The number of hydrogen-bond donors (Lipinski definition) is 0. The van der Waals surface area contributed by atoms with E-state index in [0.717, 1.165) is 60.7 Å². The van der Waals surface area contributed by atoms with Gasteiger partial charge in [-0.2, -0.15) is 17.8 Å². The molecular weight excluding hydrogens is 860 g/mol. The SMILES string of the molecule is Cc1cc(C2=N[C@H](C(c3ccccc3)c3ccccc3)CS2)[c-]c(-n2c3[c-]c(-n4c5ccc(C)cc5c5cccnc54)ccc3c3cc(C)ccc32)c1.[Pt+2]. The van der Waals surface area contributed by atoms with Crippen LogP contribution in [-0.2, 0) is 21.1 Å². The molecule has 0 unspecified atom stereocenters. The van der Waals surface area contributed by atoms with Crippen LogP contribution in [0.1, 0.15) is 39.3 Å². The van der Waals surface area contributed by atoms with Gasteiger partial charge in [-0.3, -0.25) is 0 Å². The molecule has 0 aliphatic carbocycles. The van der Waals surface area contributed by atoms with Gasteiger partial charge in [0.15, 0.2) is 0 Å². The molecule has 3 aromatic heterocycles. The topological polar surface area (TPSA) is 35.1 Å². The summed E-state index contributed by atoms with van der Waals surface area (Å²) in [5.74, 6) is 1.10. The fraction of sp³-hybridized carbons (Fsp3) is 0.125. The summed E-state index contributed by atoms with van der Waals surface area (Å²) in [7, 11) is 0. The Morgan fingerprint density at radius 2 is 1.28 bits per heavy atom. The standard InChI is InChI=1S/C48H36N4S.Pt/c1-30-16-20-43-40(25-30)38-19-18-36(52-44-21-17-31(2)26-41(44)39-15-10-22-49-47(39)52)28-45(38)51(43)37-24-32(3)23-35(27-37)48-50-42(29-53-48)46(33-11-6-4-7-12-33)34-13-8-5-9-14-34;/h4-26,42,46H,29H2,1-3H3;/q-2;+2/t42-;/m0./s1. The van der Waals surface area contributed by atoms with Gasteiger partial charge in [0.25, 0.3) is 0 Å². The molecule has 1 aliphatic heterocycles. The second kappa shape index (κ2) is 13.9. The molecule has 1 aliphatic rings. The van der Waals surface area contributed by atoms with Crippen LogP contribution in [0, 0.1) is 32.9 Å². The second-order valence-corrected chi connectivity index (χ2v) is 15.3. The van der Waals surface area contributed by atoms with E-state index < -0.39 is 0 Å². The summed E-state index contributed by atoms with van der Waals surface area (Å²) in [5, 5.41) is 5.75. The molecule has 0 radical (unpaired) electrons. The Hall–Kier alpha value is -5.22. The number of thioether (sulfide) groups is 1. The third-order valence-electron chi connectivity index (χ3n) is 10.6. The zero-order valence-electron chi connectivity index (χ0n) is 30.2. The number of aromatic nitrogens is 3. The molecule has 0 fully saturated rings. The minimum absolute atomic E-state index is 0. The number of aryl methyl sites for hydroxylation is 3. The molecular formula is C48H36N4PtS. The first kappa shape index (κ1) is 34.5. The van der Waals surface area contributed by atoms with Gasteiger partial charge in [0, 0.05) is 39.2 Å². The molecule has 6 heteroatoms. The van der Waals surface area contributed by atoms with Gasteiger partial charge in [-0.1, -0.05) is 108 Å². The Bertz CT molecular complexity index is 2850. The normalized spacial score (nSPS) is 14.4. The minimum Gasteiger partial charge on any atom is -0.352 e. The smallest absolute Gasteiger partial charge is 0.352 e. The van der Waals surface area contributed by atoms with E-state index in [-0.39, 0.29) is 33.0 Å². The van der Waals surface area contributed by atoms with Crippen molar-refractivity contribution in [1.82, 2.24) is 14.1 Å². The van der Waals surface area contributed by atoms with Gasteiger partial charge in [0.2, 0.25) is 0 Å². The van der Waals surface area contributed by atoms with Crippen LogP contribution in [0.4, 0.5) is 0 Å². The van der Waals surface area contributed by atoms with Gasteiger partial charge < -0.3 is 14.1 Å². The van der Waals surface area contributed by atoms with Crippen LogP contribution in [0.15, 0.2) is 145 Å². The maximum atomic E-state index is 5.44. The third kappa shape index (κ3) is 5.82. The molecule has 54 heavy (non-hydrogen) atoms. The third-order valence-corrected chi connectivity index (χ3v) is 11.7. The van der Waals surface area contributed by atoms with Crippen molar-refractivity contribution >= 4 is 60.5 Å². The molecule has 0 spiro atoms. The first-order chi connectivity index (χ1) is 26.0. The zero-order valence-corrected chi connectivity index (χ0v) is 33.2. The van der Waals surface area contributed by atoms with Crippen molar-refractivity contribution in [2.75, 3.05) is 5.75 Å². The van der Waals surface area contributed by atoms with E-state index in [0.29, 0.717) is 0 Å². The van der Waals surface area contributed by atoms with Gasteiger partial charge in [-0.05, 0) is 66.4 Å². The molecule has 0 saturated carbocycles. The van der Waals surface area contributed by atoms with Gasteiger partial charge in [0.1, 0.15) is 5.65 Å². The van der Waals surface area contributed by atoms with Crippen molar-refractivity contribution in [3.63, 3.8) is 0 Å². The van der Waals surface area contributed by atoms with Crippen molar-refractivity contribution in [3.8, 4) is 11.4 Å². The maximum Gasteiger partial charge on any atom is 2.00 e. The Morgan fingerprint density at radius 3 is 1.98 bits per heavy atom. The number of rotatable bonds is 6. The average molecular weight is 896 g/mol. The summed E-state index contributed by atoms with van der Waals surface area (Å²) in [6.45, 7) is 6.48. The molecule has 4 heterocycles. The van der Waals surface area contributed by atoms with Gasteiger partial charge >= 0.3 is 21.1 Å². The Balaban J connectivity index is 0.00000384. The van der Waals surface area contributed by atoms with Crippen LogP contribution in [0.25, 0.3) is 55.1 Å². The van der Waals surface area contributed by atoms with E-state index >= 15 is 0 Å². The molecule has 0 saturated heterocycles. The van der Waals surface area contributed by atoms with Crippen molar-refractivity contribution in [2.45, 2.75) is 32.7 Å². The van der Waals surface area contributed by atoms with Crippen LogP contribution < -0.4 is 0 Å². The quantitative estimate of drug-likeness (QED) is 0.156. The molecule has 10 rings (SSSR count). The molecule has 6 aromatic carbocycles. The van der Waals surface area contributed by atoms with Crippen molar-refractivity contribution in [1.29, 1.82) is 0 Å². The average Bonchev–Trinajstić information content (AvgIpc) is 3.88. The summed E-state index contributed by atoms with van der Waals surface area (Å²) in [6, 6.07) is 56.0. The first-order valence-corrected chi connectivity index (χ1v) is 19.2. The van der Waals surface area contributed by atoms with E-state index in [2.05, 4.69) is 169 Å². The van der Waals surface area contributed by atoms with Crippen LogP contribution >= 0.6 is 11.8 Å². The Labute approximate surface area is 333 Å². The largest absolute Gasteiger partial charge is 2.00 e. The predicted molar refractivity (Wildman–Crippen MR) is 222 cm³/mol. The van der Waals surface area contributed by atoms with Gasteiger partial charge in [-0.25, -0.2) is 4.98 Å². The van der Waals surface area contributed by atoms with Crippen LogP contribution in [0.5, 0.6) is 0 Å². The molecule has 0 bridgehead atoms. The summed E-state index contributed by atoms with van der Waals surface area (Å²) in [4.78, 5) is 10.3. The Morgan fingerprint density at radius 1 is 0.611 bits per heavy atom. The summed E-state index contributed by atoms with van der Waals surface area (Å²) < 4.78 is 4.59. The minimum atomic E-state index is 0. The second-order valence-electron chi connectivity index (χ2n) is 14.3. The van der Waals surface area contributed by atoms with E-state index in [1.165, 1.54) is 38.6 Å².